The summed E-state index contributed by atoms with van der Waals surface area (Å²) in [5, 5.41) is 2.25. The number of hydrogen-bond acceptors (Lipinski definition) is 1. The van der Waals surface area contributed by atoms with Crippen molar-refractivity contribution in [1.29, 1.82) is 0 Å². The highest BCUT2D eigenvalue weighted by Crippen LogP contribution is 1.93. The third-order valence-corrected chi connectivity index (χ3v) is 2.15. The second-order valence-electron chi connectivity index (χ2n) is 2.56. The van der Waals surface area contributed by atoms with Crippen LogP contribution >= 0.6 is 24.8 Å². The van der Waals surface area contributed by atoms with Gasteiger partial charge in [-0.05, 0) is 27.7 Å². The van der Waals surface area contributed by atoms with Crippen LogP contribution in [0.5, 0.6) is 0 Å². The molecule has 0 aromatic rings. The molecule has 0 rings (SSSR count). The van der Waals surface area contributed by atoms with Crippen molar-refractivity contribution in [2.24, 2.45) is 0 Å². The van der Waals surface area contributed by atoms with Crippen molar-refractivity contribution >= 4 is 29.2 Å². The Morgan fingerprint density at radius 2 is 1.54 bits per heavy atom. The number of rotatable bonds is 4. The zero-order valence-corrected chi connectivity index (χ0v) is 10.9. The maximum absolute atomic E-state index is 4.81. The first-order valence-corrected chi connectivity index (χ1v) is 5.78. The molecule has 0 aliphatic rings. The average Bonchev–Trinajstić information content (AvgIpc) is 2.08. The molecule has 2 nitrogen and oxygen atoms in total. The van der Waals surface area contributed by atoms with Gasteiger partial charge in [0.15, 0.2) is 0 Å². The normalized spacial score (nSPS) is 8.69. The minimum Gasteiger partial charge on any atom is -0.358 e. The summed E-state index contributed by atoms with van der Waals surface area (Å²) < 4.78 is 0.690. The van der Waals surface area contributed by atoms with E-state index in [2.05, 4.69) is 45.6 Å². The van der Waals surface area contributed by atoms with E-state index < -0.39 is 0 Å². The number of quaternary nitrogens is 1. The van der Waals surface area contributed by atoms with Crippen LogP contribution in [0.1, 0.15) is 27.7 Å². The average molecular weight is 223 g/mol. The van der Waals surface area contributed by atoms with Crippen molar-refractivity contribution < 1.29 is 5.32 Å². The van der Waals surface area contributed by atoms with Gasteiger partial charge in [0.05, 0.1) is 13.1 Å². The molecule has 80 valence electrons. The number of thiocarbonyl (C=S) groups is 1. The molecule has 0 amide bonds. The summed E-state index contributed by atoms with van der Waals surface area (Å²) in [5.74, 6) is 0. The van der Waals surface area contributed by atoms with Crippen molar-refractivity contribution in [2.45, 2.75) is 27.7 Å². The predicted octanol–water partition coefficient (Wildman–Crippen LogP) is 1.13. The van der Waals surface area contributed by atoms with Crippen molar-refractivity contribution in [1.82, 2.24) is 4.90 Å². The Bertz CT molecular complexity index is 112. The molecule has 0 atom stereocenters. The zero-order chi connectivity index (χ0) is 10.7. The summed E-state index contributed by atoms with van der Waals surface area (Å²) in [6.07, 6.45) is 0. The van der Waals surface area contributed by atoms with Crippen molar-refractivity contribution in [3.05, 3.63) is 0 Å². The molecule has 4 heteroatoms. The Balaban J connectivity index is 0. The van der Waals surface area contributed by atoms with Gasteiger partial charge in [-0.25, -0.2) is 0 Å². The minimum absolute atomic E-state index is 0.690. The van der Waals surface area contributed by atoms with E-state index in [4.69, 9.17) is 12.2 Å². The van der Waals surface area contributed by atoms with Gasteiger partial charge in [-0.15, -0.1) is 12.6 Å². The molecule has 2 N–H and O–H groups in total. The van der Waals surface area contributed by atoms with Crippen LogP contribution in [0.15, 0.2) is 0 Å². The van der Waals surface area contributed by atoms with Gasteiger partial charge >= 0.3 is 0 Å². The second-order valence-corrected chi connectivity index (χ2v) is 3.67. The van der Waals surface area contributed by atoms with Crippen LogP contribution < -0.4 is 5.32 Å². The van der Waals surface area contributed by atoms with Crippen molar-refractivity contribution in [2.75, 3.05) is 26.2 Å². The van der Waals surface area contributed by atoms with Crippen LogP contribution in [-0.2, 0) is 0 Å². The first kappa shape index (κ1) is 15.7. The van der Waals surface area contributed by atoms with Gasteiger partial charge in [0.2, 0.25) is 0 Å². The van der Waals surface area contributed by atoms with Crippen LogP contribution in [0, 0.1) is 0 Å². The molecule has 0 aromatic carbocycles. The predicted molar refractivity (Wildman–Crippen MR) is 67.5 cm³/mol. The van der Waals surface area contributed by atoms with Gasteiger partial charge in [0.1, 0.15) is 4.32 Å². The lowest BCUT2D eigenvalue weighted by atomic mass is 10.6. The van der Waals surface area contributed by atoms with Gasteiger partial charge in [0, 0.05) is 13.1 Å². The highest BCUT2D eigenvalue weighted by atomic mass is 32.1. The first-order valence-electron chi connectivity index (χ1n) is 4.93. The smallest absolute Gasteiger partial charge is 0.133 e. The van der Waals surface area contributed by atoms with E-state index in [1.165, 1.54) is 13.1 Å². The summed E-state index contributed by atoms with van der Waals surface area (Å²) in [6, 6.07) is 0. The summed E-state index contributed by atoms with van der Waals surface area (Å²) in [4.78, 5) is 2.01. The van der Waals surface area contributed by atoms with Crippen LogP contribution in [0.4, 0.5) is 0 Å². The van der Waals surface area contributed by atoms with E-state index in [1.54, 1.807) is 0 Å². The fourth-order valence-electron chi connectivity index (χ4n) is 0.783. The fourth-order valence-corrected chi connectivity index (χ4v) is 1.32. The summed E-state index contributed by atoms with van der Waals surface area (Å²) in [7, 11) is 0. The molecule has 13 heavy (non-hydrogen) atoms. The van der Waals surface area contributed by atoms with Crippen LogP contribution in [-0.4, -0.2) is 35.4 Å². The molecule has 0 fully saturated rings. The van der Waals surface area contributed by atoms with Crippen LogP contribution in [0.3, 0.4) is 0 Å². The van der Waals surface area contributed by atoms with Gasteiger partial charge in [-0.1, -0.05) is 12.2 Å². The Hall–Kier alpha value is 0.200. The molecule has 0 aliphatic heterocycles. The lowest BCUT2D eigenvalue weighted by Crippen LogP contribution is -2.82. The molecule has 0 radical (unpaired) electrons. The zero-order valence-electron chi connectivity index (χ0n) is 9.21. The minimum atomic E-state index is 0.690. The lowest BCUT2D eigenvalue weighted by molar-refractivity contribution is -0.648. The molecule has 0 bridgehead atoms. The maximum Gasteiger partial charge on any atom is 0.133 e. The maximum atomic E-state index is 4.81. The molecule has 0 aromatic heterocycles. The summed E-state index contributed by atoms with van der Waals surface area (Å²) in [6.45, 7) is 12.8. The molecule has 0 heterocycles. The Kier molecular flexibility index (Phi) is 14.7. The number of nitrogens with zero attached hydrogens (tertiary/aromatic N) is 1. The standard InChI is InChI=1S/C5H11NS2.C4H11N/c1-3-6(4-2)5(7)8;1-3-5-4-2/h3-4H2,1-2H3,(H,7,8);5H,3-4H2,1-2H3/p+1. The molecule has 0 saturated carbocycles. The van der Waals surface area contributed by atoms with Crippen LogP contribution in [0.2, 0.25) is 0 Å². The highest BCUT2D eigenvalue weighted by molar-refractivity contribution is 8.10. The molecular weight excluding hydrogens is 200 g/mol. The van der Waals surface area contributed by atoms with E-state index in [1.807, 2.05) is 4.90 Å². The molecule has 0 unspecified atom stereocenters. The largest absolute Gasteiger partial charge is 0.358 e. The number of nitrogens with two attached hydrogens (primary N) is 1. The fraction of sp³-hybridized carbons (Fsp3) is 0.889. The number of hydrogen-bond donors (Lipinski definition) is 2. The van der Waals surface area contributed by atoms with Gasteiger partial charge in [-0.2, -0.15) is 0 Å². The quantitative estimate of drug-likeness (QED) is 0.550. The third kappa shape index (κ3) is 12.2. The van der Waals surface area contributed by atoms with Crippen molar-refractivity contribution in [3.63, 3.8) is 0 Å². The lowest BCUT2D eigenvalue weighted by Gasteiger charge is -2.16. The third-order valence-electron chi connectivity index (χ3n) is 1.61. The molecule has 0 saturated heterocycles. The summed E-state index contributed by atoms with van der Waals surface area (Å²) in [5.41, 5.74) is 0. The van der Waals surface area contributed by atoms with Gasteiger partial charge in [0.25, 0.3) is 0 Å². The molecule has 0 aliphatic carbocycles. The Morgan fingerprint density at radius 3 is 1.54 bits per heavy atom. The first-order chi connectivity index (χ1) is 6.13. The summed E-state index contributed by atoms with van der Waals surface area (Å²) >= 11 is 8.82. The highest BCUT2D eigenvalue weighted by Gasteiger charge is 1.96. The van der Waals surface area contributed by atoms with E-state index in [0.717, 1.165) is 13.1 Å². The van der Waals surface area contributed by atoms with Crippen molar-refractivity contribution in [3.8, 4) is 0 Å². The Labute approximate surface area is 93.5 Å². The van der Waals surface area contributed by atoms with Gasteiger partial charge in [-0.3, -0.25) is 0 Å². The number of thiol groups is 1. The molecular formula is C9H23N2S2+. The molecule has 0 spiro atoms. The van der Waals surface area contributed by atoms with Crippen LogP contribution in [0.25, 0.3) is 0 Å². The monoisotopic (exact) mass is 223 g/mol. The van der Waals surface area contributed by atoms with E-state index in [-0.39, 0.29) is 0 Å². The van der Waals surface area contributed by atoms with E-state index in [9.17, 15) is 0 Å². The van der Waals surface area contributed by atoms with E-state index in [0.29, 0.717) is 4.32 Å². The second kappa shape index (κ2) is 12.2. The SMILES string of the molecule is CCN(CC)C(=S)S.CC[NH2+]CC. The topological polar surface area (TPSA) is 19.9 Å². The van der Waals surface area contributed by atoms with E-state index >= 15 is 0 Å². The Morgan fingerprint density at radius 1 is 1.15 bits per heavy atom. The van der Waals surface area contributed by atoms with Gasteiger partial charge < -0.3 is 10.2 Å².